The fourth-order valence-corrected chi connectivity index (χ4v) is 4.17. The number of benzene rings is 3. The number of ether oxygens (including phenoxy) is 2. The molecular formula is C26H25N3O3. The Hall–Kier alpha value is -3.80. The van der Waals surface area contributed by atoms with Crippen LogP contribution in [0.25, 0.3) is 0 Å². The Bertz CT molecular complexity index is 1150. The lowest BCUT2D eigenvalue weighted by Crippen LogP contribution is -2.51. The summed E-state index contributed by atoms with van der Waals surface area (Å²) in [7, 11) is 1.64. The quantitative estimate of drug-likeness (QED) is 0.627. The Morgan fingerprint density at radius 2 is 1.69 bits per heavy atom. The van der Waals surface area contributed by atoms with E-state index in [4.69, 9.17) is 14.5 Å². The molecule has 1 amide bonds. The number of nitrogens with zero attached hydrogens (tertiary/aromatic N) is 3. The van der Waals surface area contributed by atoms with Gasteiger partial charge in [-0.05, 0) is 29.8 Å². The highest BCUT2D eigenvalue weighted by molar-refractivity contribution is 6.04. The number of carbonyl (C=O) groups excluding carboxylic acids is 1. The van der Waals surface area contributed by atoms with Crippen LogP contribution in [-0.2, 0) is 11.2 Å². The van der Waals surface area contributed by atoms with Gasteiger partial charge in [-0.1, -0.05) is 48.5 Å². The van der Waals surface area contributed by atoms with E-state index in [0.29, 0.717) is 49.8 Å². The molecule has 3 aromatic carbocycles. The molecule has 0 N–H and O–H groups in total. The van der Waals surface area contributed by atoms with Crippen LogP contribution in [0.15, 0.2) is 77.8 Å². The van der Waals surface area contributed by atoms with Gasteiger partial charge in [-0.2, -0.15) is 0 Å². The molecule has 2 aliphatic heterocycles. The minimum absolute atomic E-state index is 0.161. The first-order chi connectivity index (χ1) is 15.7. The van der Waals surface area contributed by atoms with Crippen LogP contribution >= 0.6 is 0 Å². The molecule has 0 aromatic heterocycles. The first-order valence-electron chi connectivity index (χ1n) is 10.8. The number of methoxy groups -OCH3 is 1. The fourth-order valence-electron chi connectivity index (χ4n) is 4.17. The molecule has 1 saturated heterocycles. The van der Waals surface area contributed by atoms with E-state index in [-0.39, 0.29) is 5.91 Å². The Balaban J connectivity index is 1.39. The third-order valence-corrected chi connectivity index (χ3v) is 5.87. The first kappa shape index (κ1) is 20.1. The summed E-state index contributed by atoms with van der Waals surface area (Å²) in [4.78, 5) is 21.9. The van der Waals surface area contributed by atoms with Crippen molar-refractivity contribution in [3.05, 3.63) is 83.9 Å². The van der Waals surface area contributed by atoms with Crippen molar-refractivity contribution in [3.63, 3.8) is 0 Å². The molecule has 162 valence electrons. The molecule has 0 atom stereocenters. The average molecular weight is 428 g/mol. The monoisotopic (exact) mass is 427 g/mol. The molecule has 0 saturated carbocycles. The van der Waals surface area contributed by atoms with Gasteiger partial charge in [0.1, 0.15) is 11.5 Å². The smallest absolute Gasteiger partial charge is 0.227 e. The molecule has 0 radical (unpaired) electrons. The minimum Gasteiger partial charge on any atom is -0.493 e. The summed E-state index contributed by atoms with van der Waals surface area (Å²) in [6.45, 7) is 2.73. The Labute approximate surface area is 187 Å². The van der Waals surface area contributed by atoms with Gasteiger partial charge in [0.15, 0.2) is 17.2 Å². The topological polar surface area (TPSA) is 54.4 Å². The third kappa shape index (κ3) is 3.91. The van der Waals surface area contributed by atoms with Crippen LogP contribution in [0.1, 0.15) is 11.1 Å². The van der Waals surface area contributed by atoms with Gasteiger partial charge in [-0.25, -0.2) is 4.99 Å². The number of amidine groups is 1. The average Bonchev–Trinajstić information content (AvgIpc) is 3.01. The molecule has 5 rings (SSSR count). The maximum absolute atomic E-state index is 12.8. The van der Waals surface area contributed by atoms with Crippen molar-refractivity contribution in [2.75, 3.05) is 33.3 Å². The predicted octanol–water partition coefficient (Wildman–Crippen LogP) is 4.27. The summed E-state index contributed by atoms with van der Waals surface area (Å²) in [5.41, 5.74) is 2.72. The number of amides is 1. The predicted molar refractivity (Wildman–Crippen MR) is 124 cm³/mol. The molecule has 2 aliphatic rings. The Morgan fingerprint density at radius 1 is 0.938 bits per heavy atom. The maximum atomic E-state index is 12.8. The lowest BCUT2D eigenvalue weighted by atomic mass is 10.1. The van der Waals surface area contributed by atoms with Crippen LogP contribution in [0, 0.1) is 0 Å². The van der Waals surface area contributed by atoms with Crippen LogP contribution < -0.4 is 9.47 Å². The number of carbonyl (C=O) groups is 1. The normalized spacial score (nSPS) is 15.1. The zero-order valence-electron chi connectivity index (χ0n) is 18.0. The number of hydrogen-bond acceptors (Lipinski definition) is 5. The van der Waals surface area contributed by atoms with Crippen molar-refractivity contribution in [2.45, 2.75) is 6.42 Å². The van der Waals surface area contributed by atoms with Crippen LogP contribution in [-0.4, -0.2) is 54.8 Å². The van der Waals surface area contributed by atoms with Gasteiger partial charge in [0, 0.05) is 26.2 Å². The van der Waals surface area contributed by atoms with Crippen LogP contribution in [0.5, 0.6) is 17.2 Å². The molecule has 0 aliphatic carbocycles. The molecule has 2 heterocycles. The second-order valence-corrected chi connectivity index (χ2v) is 7.87. The van der Waals surface area contributed by atoms with E-state index in [1.54, 1.807) is 7.11 Å². The molecular weight excluding hydrogens is 402 g/mol. The van der Waals surface area contributed by atoms with Crippen LogP contribution in [0.4, 0.5) is 5.69 Å². The maximum Gasteiger partial charge on any atom is 0.227 e. The highest BCUT2D eigenvalue weighted by Crippen LogP contribution is 2.42. The standard InChI is InChI=1S/C26H25N3O3/c1-31-23-13-7-10-20-25(23)32-22-12-6-5-11-21(22)27-26(20)29-16-14-28(15-17-29)24(30)18-19-8-3-2-4-9-19/h2-13H,14-18H2,1H3. The first-order valence-corrected chi connectivity index (χ1v) is 10.8. The van der Waals surface area contributed by atoms with Crippen molar-refractivity contribution < 1.29 is 14.3 Å². The molecule has 0 spiro atoms. The van der Waals surface area contributed by atoms with Gasteiger partial charge in [-0.3, -0.25) is 4.79 Å². The summed E-state index contributed by atoms with van der Waals surface area (Å²) in [5.74, 6) is 3.04. The molecule has 0 unspecified atom stereocenters. The van der Waals surface area contributed by atoms with E-state index in [2.05, 4.69) is 4.90 Å². The lowest BCUT2D eigenvalue weighted by molar-refractivity contribution is -0.131. The van der Waals surface area contributed by atoms with Gasteiger partial charge in [0.25, 0.3) is 0 Å². The number of aliphatic imine (C=N–C) groups is 1. The Morgan fingerprint density at radius 3 is 2.47 bits per heavy atom. The molecule has 6 nitrogen and oxygen atoms in total. The number of piperazine rings is 1. The number of hydrogen-bond donors (Lipinski definition) is 0. The highest BCUT2D eigenvalue weighted by atomic mass is 16.5. The molecule has 32 heavy (non-hydrogen) atoms. The fraction of sp³-hybridized carbons (Fsp3) is 0.231. The summed E-state index contributed by atoms with van der Waals surface area (Å²) < 4.78 is 11.8. The zero-order valence-corrected chi connectivity index (χ0v) is 18.0. The van der Waals surface area contributed by atoms with E-state index in [1.165, 1.54) is 0 Å². The van der Waals surface area contributed by atoms with Gasteiger partial charge >= 0.3 is 0 Å². The number of para-hydroxylation sites is 3. The second kappa shape index (κ2) is 8.75. The van der Waals surface area contributed by atoms with Gasteiger partial charge in [-0.15, -0.1) is 0 Å². The van der Waals surface area contributed by atoms with E-state index in [1.807, 2.05) is 77.7 Å². The van der Waals surface area contributed by atoms with Gasteiger partial charge in [0.05, 0.1) is 19.1 Å². The zero-order chi connectivity index (χ0) is 21.9. The van der Waals surface area contributed by atoms with Crippen LogP contribution in [0.2, 0.25) is 0 Å². The highest BCUT2D eigenvalue weighted by Gasteiger charge is 2.28. The van der Waals surface area contributed by atoms with Crippen molar-refractivity contribution in [3.8, 4) is 17.2 Å². The minimum atomic E-state index is 0.161. The van der Waals surface area contributed by atoms with Crippen molar-refractivity contribution in [2.24, 2.45) is 4.99 Å². The summed E-state index contributed by atoms with van der Waals surface area (Å²) >= 11 is 0. The lowest BCUT2D eigenvalue weighted by Gasteiger charge is -2.36. The van der Waals surface area contributed by atoms with Gasteiger partial charge in [0.2, 0.25) is 5.91 Å². The van der Waals surface area contributed by atoms with Crippen molar-refractivity contribution >= 4 is 17.4 Å². The molecule has 0 bridgehead atoms. The number of rotatable bonds is 3. The second-order valence-electron chi connectivity index (χ2n) is 7.87. The molecule has 1 fully saturated rings. The van der Waals surface area contributed by atoms with Crippen molar-refractivity contribution in [1.82, 2.24) is 9.80 Å². The Kier molecular flexibility index (Phi) is 5.50. The third-order valence-electron chi connectivity index (χ3n) is 5.87. The largest absolute Gasteiger partial charge is 0.493 e. The van der Waals surface area contributed by atoms with E-state index >= 15 is 0 Å². The summed E-state index contributed by atoms with van der Waals surface area (Å²) in [6.07, 6.45) is 0.434. The van der Waals surface area contributed by atoms with Crippen LogP contribution in [0.3, 0.4) is 0 Å². The van der Waals surface area contributed by atoms with E-state index in [9.17, 15) is 4.79 Å². The van der Waals surface area contributed by atoms with Gasteiger partial charge < -0.3 is 19.3 Å². The number of fused-ring (bicyclic) bond motifs is 2. The summed E-state index contributed by atoms with van der Waals surface area (Å²) in [6, 6.07) is 23.5. The van der Waals surface area contributed by atoms with Crippen molar-refractivity contribution in [1.29, 1.82) is 0 Å². The molecule has 3 aromatic rings. The molecule has 6 heteroatoms. The summed E-state index contributed by atoms with van der Waals surface area (Å²) in [5, 5.41) is 0. The van der Waals surface area contributed by atoms with E-state index < -0.39 is 0 Å². The van der Waals surface area contributed by atoms with E-state index in [0.717, 1.165) is 22.6 Å². The SMILES string of the molecule is COc1cccc2c1Oc1ccccc1N=C2N1CCN(C(=O)Cc2ccccc2)CC1.